The van der Waals surface area contributed by atoms with Crippen molar-refractivity contribution in [3.05, 3.63) is 29.8 Å². The minimum atomic E-state index is -0.965. The third-order valence-corrected chi connectivity index (χ3v) is 2.59. The van der Waals surface area contributed by atoms with Gasteiger partial charge in [-0.2, -0.15) is 0 Å². The molecule has 1 aromatic carbocycles. The van der Waals surface area contributed by atoms with Crippen molar-refractivity contribution in [2.45, 2.75) is 32.4 Å². The summed E-state index contributed by atoms with van der Waals surface area (Å²) in [6.45, 7) is 4.00. The van der Waals surface area contributed by atoms with Crippen molar-refractivity contribution in [1.82, 2.24) is 5.32 Å². The Hall–Kier alpha value is -1.69. The number of benzene rings is 1. The quantitative estimate of drug-likeness (QED) is 0.782. The molecule has 0 aliphatic carbocycles. The van der Waals surface area contributed by atoms with E-state index in [1.807, 2.05) is 13.8 Å². The monoisotopic (exact) mass is 287 g/mol. The van der Waals surface area contributed by atoms with Gasteiger partial charge in [0.2, 0.25) is 0 Å². The number of carbonyl (C=O) groups excluding carboxylic acids is 1. The molecule has 0 saturated heterocycles. The van der Waals surface area contributed by atoms with Crippen LogP contribution in [0.15, 0.2) is 18.2 Å². The minimum absolute atomic E-state index is 0.113. The van der Waals surface area contributed by atoms with Crippen LogP contribution in [0.4, 0.5) is 8.78 Å². The third kappa shape index (κ3) is 5.13. The largest absolute Gasteiger partial charge is 0.493 e. The Bertz CT molecular complexity index is 452. The lowest BCUT2D eigenvalue weighted by atomic mass is 10.2. The van der Waals surface area contributed by atoms with Gasteiger partial charge in [-0.15, -0.1) is 0 Å². The van der Waals surface area contributed by atoms with Crippen LogP contribution in [0.2, 0.25) is 0 Å². The van der Waals surface area contributed by atoms with E-state index in [2.05, 4.69) is 10.1 Å². The second-order valence-electron chi connectivity index (χ2n) is 4.61. The summed E-state index contributed by atoms with van der Waals surface area (Å²) in [4.78, 5) is 11.5. The fraction of sp³-hybridized carbons (Fsp3) is 0.500. The van der Waals surface area contributed by atoms with Gasteiger partial charge < -0.3 is 14.8 Å². The average Bonchev–Trinajstić information content (AvgIpc) is 2.40. The molecule has 1 unspecified atom stereocenters. The number of rotatable bonds is 7. The number of hydrogen-bond acceptors (Lipinski definition) is 4. The van der Waals surface area contributed by atoms with Crippen molar-refractivity contribution in [3.8, 4) is 5.75 Å². The Labute approximate surface area is 117 Å². The van der Waals surface area contributed by atoms with Crippen molar-refractivity contribution in [1.29, 1.82) is 0 Å². The molecule has 0 heterocycles. The van der Waals surface area contributed by atoms with Gasteiger partial charge in [0.1, 0.15) is 11.8 Å². The summed E-state index contributed by atoms with van der Waals surface area (Å²) in [7, 11) is 1.31. The predicted molar refractivity (Wildman–Crippen MR) is 70.5 cm³/mol. The highest BCUT2D eigenvalue weighted by molar-refractivity contribution is 5.75. The van der Waals surface area contributed by atoms with Gasteiger partial charge in [-0.25, -0.2) is 8.78 Å². The summed E-state index contributed by atoms with van der Waals surface area (Å²) in [6, 6.07) is 2.92. The minimum Gasteiger partial charge on any atom is -0.493 e. The molecule has 1 rings (SSSR count). The zero-order valence-corrected chi connectivity index (χ0v) is 11.8. The highest BCUT2D eigenvalue weighted by Gasteiger charge is 2.19. The van der Waals surface area contributed by atoms with E-state index in [0.717, 1.165) is 12.1 Å². The summed E-state index contributed by atoms with van der Waals surface area (Å²) in [5, 5.41) is 3.05. The van der Waals surface area contributed by atoms with Crippen molar-refractivity contribution < 1.29 is 23.0 Å². The summed E-state index contributed by atoms with van der Waals surface area (Å²) < 4.78 is 35.7. The van der Waals surface area contributed by atoms with E-state index >= 15 is 0 Å². The number of hydrogen-bond donors (Lipinski definition) is 1. The van der Waals surface area contributed by atoms with E-state index in [1.54, 1.807) is 0 Å². The van der Waals surface area contributed by atoms with Gasteiger partial charge in [-0.05, 0) is 12.1 Å². The van der Waals surface area contributed by atoms with Gasteiger partial charge in [0, 0.05) is 18.5 Å². The molecule has 20 heavy (non-hydrogen) atoms. The fourth-order valence-electron chi connectivity index (χ4n) is 1.68. The lowest BCUT2D eigenvalue weighted by molar-refractivity contribution is -0.143. The van der Waals surface area contributed by atoms with Gasteiger partial charge in [-0.1, -0.05) is 13.8 Å². The lowest BCUT2D eigenvalue weighted by Gasteiger charge is -2.19. The van der Waals surface area contributed by atoms with Crippen LogP contribution in [0.25, 0.3) is 0 Å². The van der Waals surface area contributed by atoms with E-state index < -0.39 is 17.7 Å². The summed E-state index contributed by atoms with van der Waals surface area (Å²) in [6.07, 6.45) is 0.365. The first-order valence-electron chi connectivity index (χ1n) is 6.35. The molecule has 1 atom stereocenters. The van der Waals surface area contributed by atoms with Crippen LogP contribution in [0.1, 0.15) is 20.3 Å². The van der Waals surface area contributed by atoms with Gasteiger partial charge in [0.05, 0.1) is 13.7 Å². The molecule has 112 valence electrons. The van der Waals surface area contributed by atoms with E-state index in [4.69, 9.17) is 4.74 Å². The number of nitrogens with one attached hydrogen (secondary N) is 1. The topological polar surface area (TPSA) is 47.6 Å². The molecule has 0 aliphatic rings. The van der Waals surface area contributed by atoms with E-state index in [1.165, 1.54) is 13.2 Å². The molecule has 0 aliphatic heterocycles. The van der Waals surface area contributed by atoms with Gasteiger partial charge in [0.15, 0.2) is 11.6 Å². The fourth-order valence-corrected chi connectivity index (χ4v) is 1.68. The molecule has 1 aromatic rings. The molecule has 4 nitrogen and oxygen atoms in total. The molecule has 1 N–H and O–H groups in total. The molecule has 0 fully saturated rings. The highest BCUT2D eigenvalue weighted by atomic mass is 19.2. The first-order valence-corrected chi connectivity index (χ1v) is 6.35. The van der Waals surface area contributed by atoms with E-state index in [-0.39, 0.29) is 24.4 Å². The van der Waals surface area contributed by atoms with E-state index in [0.29, 0.717) is 6.42 Å². The van der Waals surface area contributed by atoms with Crippen LogP contribution in [0.5, 0.6) is 5.75 Å². The number of halogens is 2. The maximum atomic E-state index is 13.0. The van der Waals surface area contributed by atoms with Crippen molar-refractivity contribution >= 4 is 5.97 Å². The molecule has 6 heteroatoms. The average molecular weight is 287 g/mol. The Morgan fingerprint density at radius 3 is 2.55 bits per heavy atom. The van der Waals surface area contributed by atoms with Gasteiger partial charge >= 0.3 is 5.97 Å². The van der Waals surface area contributed by atoms with Crippen LogP contribution >= 0.6 is 0 Å². The number of ether oxygens (including phenoxy) is 2. The van der Waals surface area contributed by atoms with Gasteiger partial charge in [-0.3, -0.25) is 4.79 Å². The molecule has 0 radical (unpaired) electrons. The van der Waals surface area contributed by atoms with E-state index in [9.17, 15) is 13.6 Å². The number of carbonyl (C=O) groups is 1. The standard InChI is InChI=1S/C14H19F2NO3/c1-9(2)17-13(14(18)19-3)6-7-20-10-4-5-11(15)12(16)8-10/h4-5,8-9,13,17H,6-7H2,1-3H3. The molecule has 0 amide bonds. The highest BCUT2D eigenvalue weighted by Crippen LogP contribution is 2.15. The van der Waals surface area contributed by atoms with Crippen LogP contribution in [0, 0.1) is 11.6 Å². The summed E-state index contributed by atoms with van der Waals surface area (Å²) in [5.41, 5.74) is 0. The summed E-state index contributed by atoms with van der Waals surface area (Å²) >= 11 is 0. The summed E-state index contributed by atoms with van der Waals surface area (Å²) in [5.74, 6) is -2.05. The van der Waals surface area contributed by atoms with Crippen LogP contribution < -0.4 is 10.1 Å². The van der Waals surface area contributed by atoms with Crippen LogP contribution in [-0.2, 0) is 9.53 Å². The normalized spacial score (nSPS) is 12.3. The Balaban J connectivity index is 2.50. The van der Waals surface area contributed by atoms with Crippen LogP contribution in [-0.4, -0.2) is 31.8 Å². The predicted octanol–water partition coefficient (Wildman–Crippen LogP) is 2.27. The molecule has 0 spiro atoms. The SMILES string of the molecule is COC(=O)C(CCOc1ccc(F)c(F)c1)NC(C)C. The van der Waals surface area contributed by atoms with Crippen molar-refractivity contribution in [2.24, 2.45) is 0 Å². The number of methoxy groups -OCH3 is 1. The molecule has 0 saturated carbocycles. The maximum absolute atomic E-state index is 13.0. The lowest BCUT2D eigenvalue weighted by Crippen LogP contribution is -2.42. The first kappa shape index (κ1) is 16.4. The second kappa shape index (κ2) is 7.79. The molecule has 0 bridgehead atoms. The maximum Gasteiger partial charge on any atom is 0.322 e. The Kier molecular flexibility index (Phi) is 6.38. The Morgan fingerprint density at radius 1 is 1.30 bits per heavy atom. The first-order chi connectivity index (χ1) is 9.43. The third-order valence-electron chi connectivity index (χ3n) is 2.59. The van der Waals surface area contributed by atoms with Crippen molar-refractivity contribution in [2.75, 3.05) is 13.7 Å². The van der Waals surface area contributed by atoms with Gasteiger partial charge in [0.25, 0.3) is 0 Å². The zero-order valence-electron chi connectivity index (χ0n) is 11.8. The smallest absolute Gasteiger partial charge is 0.322 e. The molecular weight excluding hydrogens is 268 g/mol. The number of esters is 1. The molecule has 0 aromatic heterocycles. The molecular formula is C14H19F2NO3. The van der Waals surface area contributed by atoms with Crippen LogP contribution in [0.3, 0.4) is 0 Å². The zero-order chi connectivity index (χ0) is 15.1. The Morgan fingerprint density at radius 2 is 2.00 bits per heavy atom. The van der Waals surface area contributed by atoms with Crippen molar-refractivity contribution in [3.63, 3.8) is 0 Å². The second-order valence-corrected chi connectivity index (χ2v) is 4.61.